The van der Waals surface area contributed by atoms with Crippen LogP contribution in [0.1, 0.15) is 46.2 Å². The molecule has 1 aromatic rings. The van der Waals surface area contributed by atoms with Gasteiger partial charge in [0.1, 0.15) is 0 Å². The van der Waals surface area contributed by atoms with E-state index >= 15 is 0 Å². The van der Waals surface area contributed by atoms with Gasteiger partial charge in [0, 0.05) is 31.0 Å². The molecule has 3 heteroatoms. The third-order valence-corrected chi connectivity index (χ3v) is 4.06. The molecule has 1 atom stereocenters. The predicted molar refractivity (Wildman–Crippen MR) is 86.0 cm³/mol. The van der Waals surface area contributed by atoms with Gasteiger partial charge in [-0.05, 0) is 43.4 Å². The second kappa shape index (κ2) is 7.07. The molecule has 0 aliphatic carbocycles. The highest BCUT2D eigenvalue weighted by molar-refractivity contribution is 5.48. The summed E-state index contributed by atoms with van der Waals surface area (Å²) in [5, 5.41) is 3.47. The largest absolute Gasteiger partial charge is 0.368 e. The standard InChI is InChI=1S/C17H29N3/c1-13(2)11-18-12-15-10-16(7-8-19-15)20-9-5-6-17(20)14(3)4/h7-8,10,13-14,17-18H,5-6,9,11-12H2,1-4H3. The van der Waals surface area contributed by atoms with Crippen molar-refractivity contribution in [3.05, 3.63) is 24.0 Å². The first-order valence-corrected chi connectivity index (χ1v) is 8.00. The monoisotopic (exact) mass is 275 g/mol. The zero-order valence-corrected chi connectivity index (χ0v) is 13.4. The Kier molecular flexibility index (Phi) is 5.41. The van der Waals surface area contributed by atoms with E-state index in [1.807, 2.05) is 6.20 Å². The Balaban J connectivity index is 2.01. The van der Waals surface area contributed by atoms with E-state index in [-0.39, 0.29) is 0 Å². The lowest BCUT2D eigenvalue weighted by Crippen LogP contribution is -2.33. The number of aromatic nitrogens is 1. The van der Waals surface area contributed by atoms with E-state index in [1.54, 1.807) is 0 Å². The summed E-state index contributed by atoms with van der Waals surface area (Å²) in [7, 11) is 0. The molecule has 0 saturated carbocycles. The van der Waals surface area contributed by atoms with Gasteiger partial charge < -0.3 is 10.2 Å². The number of rotatable bonds is 6. The summed E-state index contributed by atoms with van der Waals surface area (Å²) >= 11 is 0. The van der Waals surface area contributed by atoms with Gasteiger partial charge in [-0.3, -0.25) is 4.98 Å². The highest BCUT2D eigenvalue weighted by atomic mass is 15.2. The van der Waals surface area contributed by atoms with E-state index in [0.29, 0.717) is 17.9 Å². The van der Waals surface area contributed by atoms with Gasteiger partial charge in [0.2, 0.25) is 0 Å². The van der Waals surface area contributed by atoms with Crippen molar-refractivity contribution in [2.75, 3.05) is 18.0 Å². The number of nitrogens with one attached hydrogen (secondary N) is 1. The first kappa shape index (κ1) is 15.3. The molecule has 0 spiro atoms. The van der Waals surface area contributed by atoms with Gasteiger partial charge in [0.25, 0.3) is 0 Å². The smallest absolute Gasteiger partial charge is 0.0562 e. The van der Waals surface area contributed by atoms with Crippen molar-refractivity contribution in [3.8, 4) is 0 Å². The zero-order valence-electron chi connectivity index (χ0n) is 13.4. The molecule has 1 aliphatic rings. The first-order valence-electron chi connectivity index (χ1n) is 8.00. The molecule has 2 rings (SSSR count). The fourth-order valence-electron chi connectivity index (χ4n) is 3.04. The van der Waals surface area contributed by atoms with E-state index < -0.39 is 0 Å². The van der Waals surface area contributed by atoms with Crippen LogP contribution in [0.3, 0.4) is 0 Å². The van der Waals surface area contributed by atoms with E-state index in [2.05, 4.69) is 55.0 Å². The highest BCUT2D eigenvalue weighted by Crippen LogP contribution is 2.29. The molecule has 0 amide bonds. The molecule has 1 fully saturated rings. The van der Waals surface area contributed by atoms with Gasteiger partial charge in [-0.2, -0.15) is 0 Å². The summed E-state index contributed by atoms with van der Waals surface area (Å²) in [5.74, 6) is 1.40. The number of hydrogen-bond acceptors (Lipinski definition) is 3. The Labute approximate surface area is 123 Å². The maximum Gasteiger partial charge on any atom is 0.0562 e. The Morgan fingerprint density at radius 1 is 1.35 bits per heavy atom. The van der Waals surface area contributed by atoms with Crippen LogP contribution in [0.4, 0.5) is 5.69 Å². The van der Waals surface area contributed by atoms with Gasteiger partial charge >= 0.3 is 0 Å². The average Bonchev–Trinajstić information content (AvgIpc) is 2.88. The molecular formula is C17H29N3. The number of nitrogens with zero attached hydrogens (tertiary/aromatic N) is 2. The molecule has 1 saturated heterocycles. The SMILES string of the molecule is CC(C)CNCc1cc(N2CCCC2C(C)C)ccn1. The van der Waals surface area contributed by atoms with Crippen molar-refractivity contribution in [1.29, 1.82) is 0 Å². The van der Waals surface area contributed by atoms with E-state index in [4.69, 9.17) is 0 Å². The second-order valence-corrected chi connectivity index (χ2v) is 6.68. The van der Waals surface area contributed by atoms with Gasteiger partial charge in [-0.25, -0.2) is 0 Å². The van der Waals surface area contributed by atoms with E-state index in [1.165, 1.54) is 25.1 Å². The number of pyridine rings is 1. The summed E-state index contributed by atoms with van der Waals surface area (Å²) in [4.78, 5) is 7.06. The molecule has 1 aliphatic heterocycles. The topological polar surface area (TPSA) is 28.2 Å². The zero-order chi connectivity index (χ0) is 14.5. The summed E-state index contributed by atoms with van der Waals surface area (Å²) in [5.41, 5.74) is 2.50. The van der Waals surface area contributed by atoms with E-state index in [9.17, 15) is 0 Å². The van der Waals surface area contributed by atoms with Crippen molar-refractivity contribution in [2.45, 2.75) is 53.1 Å². The molecule has 3 nitrogen and oxygen atoms in total. The molecule has 0 radical (unpaired) electrons. The van der Waals surface area contributed by atoms with Crippen LogP contribution in [0.25, 0.3) is 0 Å². The van der Waals surface area contributed by atoms with Crippen molar-refractivity contribution in [1.82, 2.24) is 10.3 Å². The quantitative estimate of drug-likeness (QED) is 0.862. The van der Waals surface area contributed by atoms with Crippen LogP contribution >= 0.6 is 0 Å². The Morgan fingerprint density at radius 3 is 2.85 bits per heavy atom. The maximum absolute atomic E-state index is 4.49. The second-order valence-electron chi connectivity index (χ2n) is 6.68. The minimum atomic E-state index is 0.682. The number of anilines is 1. The van der Waals surface area contributed by atoms with Crippen LogP contribution in [0.5, 0.6) is 0 Å². The summed E-state index contributed by atoms with van der Waals surface area (Å²) < 4.78 is 0. The maximum atomic E-state index is 4.49. The van der Waals surface area contributed by atoms with Crippen LogP contribution in [0, 0.1) is 11.8 Å². The van der Waals surface area contributed by atoms with Gasteiger partial charge in [-0.1, -0.05) is 27.7 Å². The minimum absolute atomic E-state index is 0.682. The third-order valence-electron chi connectivity index (χ3n) is 4.06. The highest BCUT2D eigenvalue weighted by Gasteiger charge is 2.27. The molecule has 0 bridgehead atoms. The molecule has 1 N–H and O–H groups in total. The van der Waals surface area contributed by atoms with Crippen LogP contribution in [-0.4, -0.2) is 24.1 Å². The van der Waals surface area contributed by atoms with Crippen molar-refractivity contribution in [2.24, 2.45) is 11.8 Å². The lowest BCUT2D eigenvalue weighted by molar-refractivity contribution is 0.491. The minimum Gasteiger partial charge on any atom is -0.368 e. The molecule has 0 aromatic carbocycles. The Morgan fingerprint density at radius 2 is 2.15 bits per heavy atom. The van der Waals surface area contributed by atoms with Gasteiger partial charge in [0.15, 0.2) is 0 Å². The fraction of sp³-hybridized carbons (Fsp3) is 0.706. The molecule has 2 heterocycles. The summed E-state index contributed by atoms with van der Waals surface area (Å²) in [6.45, 7) is 12.2. The van der Waals surface area contributed by atoms with E-state index in [0.717, 1.165) is 18.8 Å². The molecule has 20 heavy (non-hydrogen) atoms. The molecule has 1 unspecified atom stereocenters. The first-order chi connectivity index (χ1) is 9.58. The molecular weight excluding hydrogens is 246 g/mol. The van der Waals surface area contributed by atoms with Crippen LogP contribution in [0.15, 0.2) is 18.3 Å². The third kappa shape index (κ3) is 3.95. The van der Waals surface area contributed by atoms with Crippen LogP contribution < -0.4 is 10.2 Å². The normalized spacial score (nSPS) is 19.3. The predicted octanol–water partition coefficient (Wildman–Crippen LogP) is 3.45. The van der Waals surface area contributed by atoms with Gasteiger partial charge in [0.05, 0.1) is 5.69 Å². The van der Waals surface area contributed by atoms with Crippen LogP contribution in [0.2, 0.25) is 0 Å². The van der Waals surface area contributed by atoms with Crippen molar-refractivity contribution >= 4 is 5.69 Å². The number of hydrogen-bond donors (Lipinski definition) is 1. The van der Waals surface area contributed by atoms with Crippen molar-refractivity contribution in [3.63, 3.8) is 0 Å². The van der Waals surface area contributed by atoms with Gasteiger partial charge in [-0.15, -0.1) is 0 Å². The Hall–Kier alpha value is -1.09. The Bertz CT molecular complexity index is 414. The van der Waals surface area contributed by atoms with Crippen LogP contribution in [-0.2, 0) is 6.54 Å². The summed E-state index contributed by atoms with van der Waals surface area (Å²) in [6, 6.07) is 5.11. The fourth-order valence-corrected chi connectivity index (χ4v) is 3.04. The summed E-state index contributed by atoms with van der Waals surface area (Å²) in [6.07, 6.45) is 4.59. The van der Waals surface area contributed by atoms with Crippen molar-refractivity contribution < 1.29 is 0 Å². The lowest BCUT2D eigenvalue weighted by atomic mass is 10.0. The molecule has 1 aromatic heterocycles. The molecule has 112 valence electrons. The lowest BCUT2D eigenvalue weighted by Gasteiger charge is -2.30. The average molecular weight is 275 g/mol.